The second-order valence-electron chi connectivity index (χ2n) is 4.75. The van der Waals surface area contributed by atoms with Crippen LogP contribution < -0.4 is 5.32 Å². The first-order chi connectivity index (χ1) is 9.50. The minimum atomic E-state index is -1.07. The van der Waals surface area contributed by atoms with Crippen LogP contribution in [0.3, 0.4) is 0 Å². The van der Waals surface area contributed by atoms with Crippen LogP contribution in [0.15, 0.2) is 18.2 Å². The summed E-state index contributed by atoms with van der Waals surface area (Å²) in [4.78, 5) is 23.9. The third-order valence-corrected chi connectivity index (χ3v) is 3.80. The predicted molar refractivity (Wildman–Crippen MR) is 77.1 cm³/mol. The predicted octanol–water partition coefficient (Wildman–Crippen LogP) is 2.10. The molecule has 1 unspecified atom stereocenters. The Kier molecular flexibility index (Phi) is 4.55. The lowest BCUT2D eigenvalue weighted by Gasteiger charge is -2.27. The first-order valence-electron chi connectivity index (χ1n) is 6.32. The van der Waals surface area contributed by atoms with Crippen molar-refractivity contribution >= 4 is 35.1 Å². The Bertz CT molecular complexity index is 547. The molecule has 1 aromatic carbocycles. The number of alkyl halides is 1. The summed E-state index contributed by atoms with van der Waals surface area (Å²) in [6, 6.07) is 5.45. The number of carbonyl (C=O) groups excluding carboxylic acids is 2. The number of benzene rings is 1. The Morgan fingerprint density at radius 2 is 2.05 bits per heavy atom. The SMILES string of the molecule is CCOC(=O)C1(NC(=O)CCl)Cc2ccc(Cl)cc2C1. The van der Waals surface area contributed by atoms with Gasteiger partial charge in [0.2, 0.25) is 5.91 Å². The second-order valence-corrected chi connectivity index (χ2v) is 5.45. The van der Waals surface area contributed by atoms with E-state index < -0.39 is 17.4 Å². The van der Waals surface area contributed by atoms with E-state index in [1.54, 1.807) is 13.0 Å². The van der Waals surface area contributed by atoms with Gasteiger partial charge in [0.05, 0.1) is 6.61 Å². The molecule has 0 bridgehead atoms. The normalized spacial score (nSPS) is 20.4. The third kappa shape index (κ3) is 2.91. The molecule has 0 aromatic heterocycles. The van der Waals surface area contributed by atoms with Gasteiger partial charge in [-0.2, -0.15) is 0 Å². The van der Waals surface area contributed by atoms with Crippen LogP contribution in [0, 0.1) is 0 Å². The highest BCUT2D eigenvalue weighted by molar-refractivity contribution is 6.30. The van der Waals surface area contributed by atoms with Gasteiger partial charge in [-0.3, -0.25) is 4.79 Å². The molecule has 0 spiro atoms. The molecule has 4 nitrogen and oxygen atoms in total. The zero-order valence-electron chi connectivity index (χ0n) is 11.0. The minimum Gasteiger partial charge on any atom is -0.464 e. The van der Waals surface area contributed by atoms with Crippen LogP contribution in [0.1, 0.15) is 18.1 Å². The quantitative estimate of drug-likeness (QED) is 0.684. The maximum absolute atomic E-state index is 12.3. The summed E-state index contributed by atoms with van der Waals surface area (Å²) in [7, 11) is 0. The highest BCUT2D eigenvalue weighted by Crippen LogP contribution is 2.33. The smallest absolute Gasteiger partial charge is 0.332 e. The molecule has 0 aliphatic heterocycles. The molecule has 1 aromatic rings. The zero-order valence-corrected chi connectivity index (χ0v) is 12.6. The average molecular weight is 316 g/mol. The van der Waals surface area contributed by atoms with E-state index in [-0.39, 0.29) is 12.5 Å². The minimum absolute atomic E-state index is 0.196. The van der Waals surface area contributed by atoms with Crippen molar-refractivity contribution in [2.75, 3.05) is 12.5 Å². The van der Waals surface area contributed by atoms with E-state index in [1.165, 1.54) is 0 Å². The molecule has 2 rings (SSSR count). The second kappa shape index (κ2) is 6.02. The number of halogens is 2. The van der Waals surface area contributed by atoms with Gasteiger partial charge in [-0.15, -0.1) is 11.6 Å². The Labute approximate surface area is 127 Å². The standard InChI is InChI=1S/C14H15Cl2NO3/c1-2-20-13(19)14(17-12(18)8-15)6-9-3-4-11(16)5-10(9)7-14/h3-5H,2,6-8H2,1H3,(H,17,18). The fraction of sp³-hybridized carbons (Fsp3) is 0.429. The van der Waals surface area contributed by atoms with Gasteiger partial charge in [0.15, 0.2) is 0 Å². The summed E-state index contributed by atoms with van der Waals surface area (Å²) in [5.74, 6) is -1.03. The monoisotopic (exact) mass is 315 g/mol. The van der Waals surface area contributed by atoms with Crippen LogP contribution in [0.25, 0.3) is 0 Å². The van der Waals surface area contributed by atoms with Crippen molar-refractivity contribution in [3.05, 3.63) is 34.3 Å². The number of esters is 1. The third-order valence-electron chi connectivity index (χ3n) is 3.32. The Balaban J connectivity index is 2.31. The van der Waals surface area contributed by atoms with Crippen LogP contribution in [-0.4, -0.2) is 29.9 Å². The van der Waals surface area contributed by atoms with Crippen molar-refractivity contribution in [2.24, 2.45) is 0 Å². The molecular weight excluding hydrogens is 301 g/mol. The van der Waals surface area contributed by atoms with E-state index in [9.17, 15) is 9.59 Å². The van der Waals surface area contributed by atoms with Crippen LogP contribution in [0.4, 0.5) is 0 Å². The number of amides is 1. The lowest BCUT2D eigenvalue weighted by Crippen LogP contribution is -2.56. The maximum Gasteiger partial charge on any atom is 0.332 e. The van der Waals surface area contributed by atoms with Gasteiger partial charge in [-0.05, 0) is 30.2 Å². The number of hydrogen-bond donors (Lipinski definition) is 1. The van der Waals surface area contributed by atoms with Gasteiger partial charge in [0.25, 0.3) is 0 Å². The lowest BCUT2D eigenvalue weighted by atomic mass is 9.95. The molecule has 0 heterocycles. The molecule has 1 atom stereocenters. The molecule has 1 aliphatic carbocycles. The number of fused-ring (bicyclic) bond motifs is 1. The number of rotatable bonds is 4. The van der Waals surface area contributed by atoms with Crippen LogP contribution in [0.5, 0.6) is 0 Å². The lowest BCUT2D eigenvalue weighted by molar-refractivity contribution is -0.152. The van der Waals surface area contributed by atoms with Crippen molar-refractivity contribution in [3.63, 3.8) is 0 Å². The molecule has 108 valence electrons. The summed E-state index contributed by atoms with van der Waals surface area (Å²) in [6.45, 7) is 1.99. The summed E-state index contributed by atoms with van der Waals surface area (Å²) >= 11 is 11.5. The van der Waals surface area contributed by atoms with Crippen molar-refractivity contribution < 1.29 is 14.3 Å². The highest BCUT2D eigenvalue weighted by atomic mass is 35.5. The largest absolute Gasteiger partial charge is 0.464 e. The average Bonchev–Trinajstić information content (AvgIpc) is 2.77. The van der Waals surface area contributed by atoms with Gasteiger partial charge in [0, 0.05) is 17.9 Å². The molecule has 0 saturated carbocycles. The number of nitrogens with one attached hydrogen (secondary N) is 1. The Hall–Kier alpha value is -1.26. The van der Waals surface area contributed by atoms with Crippen molar-refractivity contribution in [2.45, 2.75) is 25.3 Å². The zero-order chi connectivity index (χ0) is 14.8. The van der Waals surface area contributed by atoms with Gasteiger partial charge >= 0.3 is 5.97 Å². The van der Waals surface area contributed by atoms with Crippen molar-refractivity contribution in [1.82, 2.24) is 5.32 Å². The highest BCUT2D eigenvalue weighted by Gasteiger charge is 2.46. The molecule has 0 radical (unpaired) electrons. The molecule has 6 heteroatoms. The van der Waals surface area contributed by atoms with E-state index in [0.717, 1.165) is 11.1 Å². The van der Waals surface area contributed by atoms with Gasteiger partial charge < -0.3 is 10.1 Å². The molecule has 1 amide bonds. The summed E-state index contributed by atoms with van der Waals surface area (Å²) in [6.07, 6.45) is 0.755. The summed E-state index contributed by atoms with van der Waals surface area (Å²) < 4.78 is 5.11. The van der Waals surface area contributed by atoms with Crippen LogP contribution in [-0.2, 0) is 27.2 Å². The van der Waals surface area contributed by atoms with Crippen LogP contribution >= 0.6 is 23.2 Å². The molecule has 20 heavy (non-hydrogen) atoms. The molecular formula is C14H15Cl2NO3. The topological polar surface area (TPSA) is 55.4 Å². The van der Waals surface area contributed by atoms with Crippen molar-refractivity contribution in [3.8, 4) is 0 Å². The fourth-order valence-corrected chi connectivity index (χ4v) is 2.76. The number of ether oxygens (including phenoxy) is 1. The number of hydrogen-bond acceptors (Lipinski definition) is 3. The van der Waals surface area contributed by atoms with E-state index in [0.29, 0.717) is 17.9 Å². The van der Waals surface area contributed by atoms with Gasteiger partial charge in [0.1, 0.15) is 11.4 Å². The van der Waals surface area contributed by atoms with E-state index in [4.69, 9.17) is 27.9 Å². The maximum atomic E-state index is 12.3. The number of carbonyl (C=O) groups is 2. The Morgan fingerprint density at radius 1 is 1.35 bits per heavy atom. The molecule has 0 saturated heterocycles. The van der Waals surface area contributed by atoms with E-state index >= 15 is 0 Å². The molecule has 1 N–H and O–H groups in total. The van der Waals surface area contributed by atoms with E-state index in [1.807, 2.05) is 12.1 Å². The van der Waals surface area contributed by atoms with Gasteiger partial charge in [-0.1, -0.05) is 17.7 Å². The van der Waals surface area contributed by atoms with E-state index in [2.05, 4.69) is 5.32 Å². The Morgan fingerprint density at radius 3 is 2.70 bits per heavy atom. The van der Waals surface area contributed by atoms with Gasteiger partial charge in [-0.25, -0.2) is 4.79 Å². The van der Waals surface area contributed by atoms with Crippen molar-refractivity contribution in [1.29, 1.82) is 0 Å². The molecule has 1 aliphatic rings. The van der Waals surface area contributed by atoms with Crippen LogP contribution in [0.2, 0.25) is 5.02 Å². The fourth-order valence-electron chi connectivity index (χ4n) is 2.50. The summed E-state index contributed by atoms with van der Waals surface area (Å²) in [5.41, 5.74) is 0.854. The summed E-state index contributed by atoms with van der Waals surface area (Å²) in [5, 5.41) is 3.31. The molecule has 0 fully saturated rings. The first-order valence-corrected chi connectivity index (χ1v) is 7.23. The first kappa shape index (κ1) is 15.1.